The zero-order valence-corrected chi connectivity index (χ0v) is 24.2. The highest BCUT2D eigenvalue weighted by Crippen LogP contribution is 2.41. The molecule has 0 amide bonds. The first-order chi connectivity index (χ1) is 17.8. The largest absolute Gasteiger partial charge is 0.488 e. The number of nitrogens with zero attached hydrogens (tertiary/aromatic N) is 3. The van der Waals surface area contributed by atoms with Gasteiger partial charge in [0.1, 0.15) is 25.0 Å². The molecule has 37 heavy (non-hydrogen) atoms. The molecule has 1 unspecified atom stereocenters. The van der Waals surface area contributed by atoms with Crippen LogP contribution in [0.2, 0.25) is 10.0 Å². The lowest BCUT2D eigenvalue weighted by atomic mass is 9.95. The minimum absolute atomic E-state index is 0.0844. The van der Waals surface area contributed by atoms with Crippen LogP contribution in [0.3, 0.4) is 0 Å². The van der Waals surface area contributed by atoms with Gasteiger partial charge >= 0.3 is 5.97 Å². The number of esters is 1. The predicted molar refractivity (Wildman–Crippen MR) is 152 cm³/mol. The molecule has 0 radical (unpaired) electrons. The number of aromatic nitrogens is 3. The maximum Gasteiger partial charge on any atom is 0.338 e. The maximum absolute atomic E-state index is 13.3. The second-order valence-corrected chi connectivity index (χ2v) is 11.0. The van der Waals surface area contributed by atoms with Gasteiger partial charge in [0.05, 0.1) is 5.57 Å². The summed E-state index contributed by atoms with van der Waals surface area (Å²) in [6.07, 6.45) is 2.52. The summed E-state index contributed by atoms with van der Waals surface area (Å²) in [5.41, 5.74) is 2.52. The molecule has 4 rings (SSSR count). The Bertz CT molecular complexity index is 1360. The number of hydrogen-bond acceptors (Lipinski definition) is 7. The molecule has 0 saturated heterocycles. The lowest BCUT2D eigenvalue weighted by Crippen LogP contribution is -2.30. The number of rotatable bonds is 10. The van der Waals surface area contributed by atoms with E-state index in [1.54, 1.807) is 28.6 Å². The molecule has 11 heteroatoms. The Balaban J connectivity index is 1.79. The van der Waals surface area contributed by atoms with E-state index in [9.17, 15) is 4.79 Å². The lowest BCUT2D eigenvalue weighted by molar-refractivity contribution is -0.138. The van der Waals surface area contributed by atoms with Crippen molar-refractivity contribution in [2.24, 2.45) is 0 Å². The number of fused-ring (bicyclic) bond motifs is 1. The number of ether oxygens (including phenoxy) is 2. The zero-order chi connectivity index (χ0) is 26.5. The number of halogens is 3. The van der Waals surface area contributed by atoms with Gasteiger partial charge in [-0.2, -0.15) is 4.98 Å². The summed E-state index contributed by atoms with van der Waals surface area (Å²) < 4.78 is 14.2. The highest BCUT2D eigenvalue weighted by Gasteiger charge is 2.37. The van der Waals surface area contributed by atoms with E-state index in [4.69, 9.17) is 37.8 Å². The molecule has 1 atom stereocenters. The summed E-state index contributed by atoms with van der Waals surface area (Å²) in [5, 5.41) is 9.63. The molecule has 2 aromatic carbocycles. The number of carbonyl (C=O) groups is 1. The minimum atomic E-state index is -0.648. The van der Waals surface area contributed by atoms with Crippen molar-refractivity contribution in [3.8, 4) is 5.75 Å². The monoisotopic (exact) mass is 622 g/mol. The second kappa shape index (κ2) is 12.4. The first-order valence-corrected chi connectivity index (χ1v) is 14.1. The van der Waals surface area contributed by atoms with Gasteiger partial charge in [0.15, 0.2) is 0 Å². The molecule has 194 valence electrons. The number of hydrogen-bond donors (Lipinski definition) is 1. The van der Waals surface area contributed by atoms with E-state index in [1.807, 2.05) is 31.2 Å². The Kier molecular flexibility index (Phi) is 9.23. The first kappa shape index (κ1) is 27.6. The van der Waals surface area contributed by atoms with Crippen molar-refractivity contribution in [3.63, 3.8) is 0 Å². The molecule has 3 aromatic rings. The summed E-state index contributed by atoms with van der Waals surface area (Å²) in [7, 11) is 0. The number of allylic oxidation sites excluding steroid dienone is 1. The van der Waals surface area contributed by atoms with Gasteiger partial charge in [0, 0.05) is 37.1 Å². The van der Waals surface area contributed by atoms with Crippen LogP contribution < -0.4 is 10.1 Å². The second-order valence-electron chi connectivity index (χ2n) is 8.17. The van der Waals surface area contributed by atoms with E-state index in [0.29, 0.717) is 43.7 Å². The first-order valence-electron chi connectivity index (χ1n) is 11.5. The normalized spacial score (nSPS) is 14.7. The molecule has 0 spiro atoms. The van der Waals surface area contributed by atoms with Gasteiger partial charge in [0.25, 0.3) is 0 Å². The van der Waals surface area contributed by atoms with Crippen molar-refractivity contribution in [1.29, 1.82) is 0 Å². The van der Waals surface area contributed by atoms with E-state index in [1.165, 1.54) is 6.08 Å². The molecule has 0 bridgehead atoms. The number of nitrogens with one attached hydrogen (secondary N) is 1. The third-order valence-corrected chi connectivity index (χ3v) is 7.61. The fourth-order valence-electron chi connectivity index (χ4n) is 3.81. The summed E-state index contributed by atoms with van der Waals surface area (Å²) in [5.74, 6) is 1.49. The standard InChI is InChI=1S/C26H25BrCl2N4O3S/c1-4-10-35-24(34)22-15(3)30-25-31-26(37-11-5-2)32-33(25)23(22)19-12-17(27)7-9-21(19)36-14-16-6-8-18(28)13-20(16)29/h4,6-9,12-13,23H,1,5,10-11,14H2,2-3H3,(H,30,31,32). The third-order valence-electron chi connectivity index (χ3n) is 5.49. The van der Waals surface area contributed by atoms with Crippen LogP contribution in [0, 0.1) is 0 Å². The minimum Gasteiger partial charge on any atom is -0.488 e. The van der Waals surface area contributed by atoms with Crippen LogP contribution in [0.5, 0.6) is 5.75 Å². The predicted octanol–water partition coefficient (Wildman–Crippen LogP) is 7.45. The number of anilines is 1. The Morgan fingerprint density at radius 1 is 1.30 bits per heavy atom. The van der Waals surface area contributed by atoms with Gasteiger partial charge in [-0.25, -0.2) is 9.48 Å². The topological polar surface area (TPSA) is 78.3 Å². The lowest BCUT2D eigenvalue weighted by Gasteiger charge is -2.29. The molecular formula is C26H25BrCl2N4O3S. The van der Waals surface area contributed by atoms with Crippen LogP contribution in [0.4, 0.5) is 5.95 Å². The van der Waals surface area contributed by atoms with Crippen LogP contribution in [0.25, 0.3) is 0 Å². The van der Waals surface area contributed by atoms with Gasteiger partial charge in [0.2, 0.25) is 11.1 Å². The maximum atomic E-state index is 13.3. The number of benzene rings is 2. The van der Waals surface area contributed by atoms with Crippen molar-refractivity contribution in [2.45, 2.75) is 38.1 Å². The van der Waals surface area contributed by atoms with Crippen molar-refractivity contribution in [3.05, 3.63) is 86.0 Å². The molecule has 7 nitrogen and oxygen atoms in total. The summed E-state index contributed by atoms with van der Waals surface area (Å²) in [4.78, 5) is 17.9. The summed E-state index contributed by atoms with van der Waals surface area (Å²) in [6.45, 7) is 7.86. The van der Waals surface area contributed by atoms with Crippen molar-refractivity contribution >= 4 is 62.8 Å². The van der Waals surface area contributed by atoms with E-state index in [-0.39, 0.29) is 13.2 Å². The summed E-state index contributed by atoms with van der Waals surface area (Å²) in [6, 6.07) is 10.2. The number of thioether (sulfide) groups is 1. The average Bonchev–Trinajstić information content (AvgIpc) is 3.27. The number of carbonyl (C=O) groups excluding carboxylic acids is 1. The molecule has 0 fully saturated rings. The van der Waals surface area contributed by atoms with E-state index in [0.717, 1.165) is 22.2 Å². The van der Waals surface area contributed by atoms with Crippen molar-refractivity contribution in [1.82, 2.24) is 14.8 Å². The van der Waals surface area contributed by atoms with Gasteiger partial charge in [-0.1, -0.05) is 76.5 Å². The molecule has 2 heterocycles. The fraction of sp³-hybridized carbons (Fsp3) is 0.269. The highest BCUT2D eigenvalue weighted by atomic mass is 79.9. The van der Waals surface area contributed by atoms with Gasteiger partial charge in [-0.05, 0) is 43.7 Å². The van der Waals surface area contributed by atoms with Crippen LogP contribution in [-0.4, -0.2) is 33.1 Å². The van der Waals surface area contributed by atoms with Crippen LogP contribution in [-0.2, 0) is 16.1 Å². The Labute approximate surface area is 238 Å². The van der Waals surface area contributed by atoms with E-state index >= 15 is 0 Å². The molecule has 1 aliphatic heterocycles. The van der Waals surface area contributed by atoms with Crippen LogP contribution >= 0.6 is 50.9 Å². The fourth-order valence-corrected chi connectivity index (χ4v) is 5.33. The summed E-state index contributed by atoms with van der Waals surface area (Å²) >= 11 is 17.5. The van der Waals surface area contributed by atoms with Crippen LogP contribution in [0.1, 0.15) is 37.4 Å². The highest BCUT2D eigenvalue weighted by molar-refractivity contribution is 9.10. The Hall–Kier alpha value is -2.46. The van der Waals surface area contributed by atoms with E-state index < -0.39 is 12.0 Å². The van der Waals surface area contributed by atoms with E-state index in [2.05, 4.69) is 39.7 Å². The molecule has 0 saturated carbocycles. The van der Waals surface area contributed by atoms with Gasteiger partial charge in [-0.3, -0.25) is 0 Å². The van der Waals surface area contributed by atoms with Gasteiger partial charge < -0.3 is 14.8 Å². The molecule has 1 aromatic heterocycles. The molecular weight excluding hydrogens is 599 g/mol. The Morgan fingerprint density at radius 2 is 2.11 bits per heavy atom. The van der Waals surface area contributed by atoms with Gasteiger partial charge in [-0.15, -0.1) is 5.10 Å². The smallest absolute Gasteiger partial charge is 0.338 e. The molecule has 1 aliphatic rings. The third kappa shape index (κ3) is 6.34. The average molecular weight is 624 g/mol. The van der Waals surface area contributed by atoms with Crippen molar-refractivity contribution < 1.29 is 14.3 Å². The SMILES string of the molecule is C=CCOC(=O)C1=C(C)Nc2nc(SCCC)nn2C1c1cc(Br)ccc1OCc1ccc(Cl)cc1Cl. The molecule has 1 N–H and O–H groups in total. The van der Waals surface area contributed by atoms with Crippen LogP contribution in [0.15, 0.2) is 70.0 Å². The van der Waals surface area contributed by atoms with Crippen molar-refractivity contribution in [2.75, 3.05) is 17.7 Å². The molecule has 0 aliphatic carbocycles. The Morgan fingerprint density at radius 3 is 2.84 bits per heavy atom. The zero-order valence-electron chi connectivity index (χ0n) is 20.3. The quantitative estimate of drug-likeness (QED) is 0.143.